The number of carbonyl (C=O) groups excluding carboxylic acids is 1. The topological polar surface area (TPSA) is 110 Å². The van der Waals surface area contributed by atoms with E-state index in [9.17, 15) is 13.2 Å². The summed E-state index contributed by atoms with van der Waals surface area (Å²) >= 11 is 1.53. The van der Waals surface area contributed by atoms with Crippen LogP contribution in [0.4, 0.5) is 11.5 Å². The number of nitrogens with zero attached hydrogens (tertiary/aromatic N) is 2. The van der Waals surface area contributed by atoms with E-state index < -0.39 is 22.0 Å². The van der Waals surface area contributed by atoms with Gasteiger partial charge in [0.15, 0.2) is 11.5 Å². The quantitative estimate of drug-likeness (QED) is 0.577. The first-order valence-electron chi connectivity index (χ1n) is 9.65. The predicted molar refractivity (Wildman–Crippen MR) is 122 cm³/mol. The van der Waals surface area contributed by atoms with Crippen LogP contribution in [0.2, 0.25) is 0 Å². The third-order valence-electron chi connectivity index (χ3n) is 4.52. The van der Waals surface area contributed by atoms with Crippen LogP contribution in [0.5, 0.6) is 11.5 Å². The van der Waals surface area contributed by atoms with Crippen LogP contribution in [-0.4, -0.2) is 64.7 Å². The van der Waals surface area contributed by atoms with Crippen molar-refractivity contribution >= 4 is 39.2 Å². The molecule has 1 aromatic heterocycles. The molecule has 1 aliphatic heterocycles. The predicted octanol–water partition coefficient (Wildman–Crippen LogP) is 1.96. The number of amides is 1. The standard InChI is InChI=1S/C20H26N4O5S2/c1-24(2)19-7-4-14(13-21-19)22-20(25)16(8-11-30-3)23-31(26,27)15-5-6-17-18(12-15)29-10-9-28-17/h4-7,12-13,16,23H,8-11H2,1-3H3,(H,22,25). The van der Waals surface area contributed by atoms with Crippen LogP contribution < -0.4 is 24.4 Å². The van der Waals surface area contributed by atoms with Gasteiger partial charge in [-0.15, -0.1) is 0 Å². The van der Waals surface area contributed by atoms with Crippen molar-refractivity contribution in [3.8, 4) is 11.5 Å². The first kappa shape index (κ1) is 23.2. The van der Waals surface area contributed by atoms with Gasteiger partial charge in [-0.25, -0.2) is 13.4 Å². The molecule has 1 atom stereocenters. The molecule has 168 valence electrons. The molecule has 1 aromatic carbocycles. The van der Waals surface area contributed by atoms with E-state index in [0.29, 0.717) is 42.6 Å². The molecule has 11 heteroatoms. The SMILES string of the molecule is CSCCC(NS(=O)(=O)c1ccc2c(c1)OCCO2)C(=O)Nc1ccc(N(C)C)nc1. The van der Waals surface area contributed by atoms with Crippen LogP contribution in [0, 0.1) is 0 Å². The molecule has 0 saturated carbocycles. The molecule has 2 aromatic rings. The highest BCUT2D eigenvalue weighted by atomic mass is 32.2. The zero-order chi connectivity index (χ0) is 22.4. The Morgan fingerprint density at radius 2 is 1.94 bits per heavy atom. The Labute approximate surface area is 186 Å². The molecule has 0 saturated heterocycles. The third-order valence-corrected chi connectivity index (χ3v) is 6.64. The highest BCUT2D eigenvalue weighted by molar-refractivity contribution is 7.98. The van der Waals surface area contributed by atoms with Crippen molar-refractivity contribution in [1.82, 2.24) is 9.71 Å². The molecule has 0 fully saturated rings. The lowest BCUT2D eigenvalue weighted by Gasteiger charge is -2.21. The Bertz CT molecular complexity index is 1010. The molecule has 1 amide bonds. The van der Waals surface area contributed by atoms with Crippen LogP contribution >= 0.6 is 11.8 Å². The number of fused-ring (bicyclic) bond motifs is 1. The lowest BCUT2D eigenvalue weighted by molar-refractivity contribution is -0.117. The first-order valence-corrected chi connectivity index (χ1v) is 12.5. The van der Waals surface area contributed by atoms with E-state index in [1.807, 2.05) is 25.3 Å². The van der Waals surface area contributed by atoms with E-state index >= 15 is 0 Å². The fourth-order valence-electron chi connectivity index (χ4n) is 2.88. The maximum atomic E-state index is 13.0. The summed E-state index contributed by atoms with van der Waals surface area (Å²) in [7, 11) is -0.223. The molecule has 2 heterocycles. The van der Waals surface area contributed by atoms with Crippen molar-refractivity contribution in [2.45, 2.75) is 17.4 Å². The van der Waals surface area contributed by atoms with E-state index in [0.717, 1.165) is 5.82 Å². The number of sulfonamides is 1. The average Bonchev–Trinajstić information content (AvgIpc) is 2.76. The molecular formula is C20H26N4O5S2. The number of carbonyl (C=O) groups is 1. The minimum atomic E-state index is -3.96. The minimum absolute atomic E-state index is 0.00991. The number of thioether (sulfide) groups is 1. The average molecular weight is 467 g/mol. The van der Waals surface area contributed by atoms with Gasteiger partial charge in [-0.1, -0.05) is 0 Å². The van der Waals surface area contributed by atoms with Gasteiger partial charge >= 0.3 is 0 Å². The van der Waals surface area contributed by atoms with E-state index in [1.54, 1.807) is 18.2 Å². The summed E-state index contributed by atoms with van der Waals surface area (Å²) in [5, 5.41) is 2.74. The monoisotopic (exact) mass is 466 g/mol. The molecule has 9 nitrogen and oxygen atoms in total. The largest absolute Gasteiger partial charge is 0.486 e. The number of aromatic nitrogens is 1. The molecule has 1 aliphatic rings. The number of ether oxygens (including phenoxy) is 2. The highest BCUT2D eigenvalue weighted by Gasteiger charge is 2.27. The number of pyridine rings is 1. The smallest absolute Gasteiger partial charge is 0.242 e. The van der Waals surface area contributed by atoms with Gasteiger partial charge in [0.05, 0.1) is 16.8 Å². The first-order chi connectivity index (χ1) is 14.8. The number of hydrogen-bond donors (Lipinski definition) is 2. The second-order valence-electron chi connectivity index (χ2n) is 7.05. The van der Waals surface area contributed by atoms with Crippen molar-refractivity contribution in [3.05, 3.63) is 36.5 Å². The summed E-state index contributed by atoms with van der Waals surface area (Å²) in [6.07, 6.45) is 3.77. The second-order valence-corrected chi connectivity index (χ2v) is 9.75. The maximum absolute atomic E-state index is 13.0. The van der Waals surface area contributed by atoms with Crippen molar-refractivity contribution in [1.29, 1.82) is 0 Å². The normalized spacial score (nSPS) is 14.0. The Morgan fingerprint density at radius 3 is 2.58 bits per heavy atom. The highest BCUT2D eigenvalue weighted by Crippen LogP contribution is 2.32. The molecule has 2 N–H and O–H groups in total. The Balaban J connectivity index is 1.75. The minimum Gasteiger partial charge on any atom is -0.486 e. The fraction of sp³-hybridized carbons (Fsp3) is 0.400. The molecule has 0 radical (unpaired) electrons. The molecule has 0 bridgehead atoms. The molecule has 0 spiro atoms. The van der Waals surface area contributed by atoms with Crippen molar-refractivity contribution in [2.75, 3.05) is 49.5 Å². The number of anilines is 2. The third kappa shape index (κ3) is 6.02. The summed E-state index contributed by atoms with van der Waals surface area (Å²) < 4.78 is 39.3. The lowest BCUT2D eigenvalue weighted by Crippen LogP contribution is -2.44. The summed E-state index contributed by atoms with van der Waals surface area (Å²) in [5.41, 5.74) is 0.489. The number of nitrogens with one attached hydrogen (secondary N) is 2. The summed E-state index contributed by atoms with van der Waals surface area (Å²) in [6.45, 7) is 0.766. The fourth-order valence-corrected chi connectivity index (χ4v) is 4.60. The molecule has 31 heavy (non-hydrogen) atoms. The van der Waals surface area contributed by atoms with Crippen LogP contribution in [0.3, 0.4) is 0 Å². The summed E-state index contributed by atoms with van der Waals surface area (Å²) in [5.74, 6) is 1.77. The van der Waals surface area contributed by atoms with Crippen LogP contribution in [0.25, 0.3) is 0 Å². The lowest BCUT2D eigenvalue weighted by atomic mass is 10.2. The molecule has 1 unspecified atom stereocenters. The van der Waals surface area contributed by atoms with Crippen LogP contribution in [-0.2, 0) is 14.8 Å². The van der Waals surface area contributed by atoms with E-state index in [1.165, 1.54) is 30.1 Å². The van der Waals surface area contributed by atoms with E-state index in [-0.39, 0.29) is 4.90 Å². The summed E-state index contributed by atoms with van der Waals surface area (Å²) in [6, 6.07) is 6.94. The molecular weight excluding hydrogens is 440 g/mol. The van der Waals surface area contributed by atoms with Crippen molar-refractivity contribution in [2.24, 2.45) is 0 Å². The Morgan fingerprint density at radius 1 is 1.19 bits per heavy atom. The molecule has 3 rings (SSSR count). The number of rotatable bonds is 9. The Kier molecular flexibility index (Phi) is 7.63. The zero-order valence-electron chi connectivity index (χ0n) is 17.6. The maximum Gasteiger partial charge on any atom is 0.242 e. The summed E-state index contributed by atoms with van der Waals surface area (Å²) in [4.78, 5) is 19.0. The van der Waals surface area contributed by atoms with Gasteiger partial charge in [-0.2, -0.15) is 16.5 Å². The van der Waals surface area contributed by atoms with E-state index in [4.69, 9.17) is 9.47 Å². The van der Waals surface area contributed by atoms with Gasteiger partial charge in [0.1, 0.15) is 25.1 Å². The number of hydrogen-bond acceptors (Lipinski definition) is 8. The second kappa shape index (κ2) is 10.2. The van der Waals surface area contributed by atoms with Crippen molar-refractivity contribution < 1.29 is 22.7 Å². The van der Waals surface area contributed by atoms with Crippen molar-refractivity contribution in [3.63, 3.8) is 0 Å². The van der Waals surface area contributed by atoms with Gasteiger partial charge in [0, 0.05) is 20.2 Å². The van der Waals surface area contributed by atoms with Gasteiger partial charge in [-0.05, 0) is 42.7 Å². The molecule has 0 aliphatic carbocycles. The van der Waals surface area contributed by atoms with Gasteiger partial charge in [0.2, 0.25) is 15.9 Å². The zero-order valence-corrected chi connectivity index (χ0v) is 19.3. The Hall–Kier alpha value is -2.50. The van der Waals surface area contributed by atoms with Gasteiger partial charge < -0.3 is 19.7 Å². The van der Waals surface area contributed by atoms with Gasteiger partial charge in [0.25, 0.3) is 0 Å². The number of benzene rings is 1. The van der Waals surface area contributed by atoms with Crippen LogP contribution in [0.15, 0.2) is 41.4 Å². The van der Waals surface area contributed by atoms with E-state index in [2.05, 4.69) is 15.0 Å². The van der Waals surface area contributed by atoms with Crippen LogP contribution in [0.1, 0.15) is 6.42 Å². The van der Waals surface area contributed by atoms with Gasteiger partial charge in [-0.3, -0.25) is 4.79 Å².